The van der Waals surface area contributed by atoms with Gasteiger partial charge in [0.2, 0.25) is 0 Å². The number of nitrogens with two attached hydrogens (primary N) is 1. The Morgan fingerprint density at radius 2 is 2.00 bits per heavy atom. The normalized spacial score (nSPS) is 10.4. The molecule has 0 saturated carbocycles. The van der Waals surface area contributed by atoms with Gasteiger partial charge in [-0.1, -0.05) is 18.2 Å². The molecule has 0 aliphatic carbocycles. The number of hydrogen-bond donors (Lipinski definition) is 2. The Labute approximate surface area is 82.1 Å². The maximum atomic E-state index is 7.28. The first-order valence-corrected chi connectivity index (χ1v) is 4.38. The average Bonchev–Trinajstić information content (AvgIpc) is 2.16. The number of nitrogen functional groups attached to an aromatic ring is 1. The van der Waals surface area contributed by atoms with E-state index in [0.717, 1.165) is 16.5 Å². The molecule has 2 rings (SSSR count). The quantitative estimate of drug-likeness (QED) is 0.526. The summed E-state index contributed by atoms with van der Waals surface area (Å²) in [5, 5.41) is 8.35. The third kappa shape index (κ3) is 1.44. The predicted molar refractivity (Wildman–Crippen MR) is 57.5 cm³/mol. The van der Waals surface area contributed by atoms with Crippen LogP contribution in [-0.4, -0.2) is 10.8 Å². The molecule has 70 valence electrons. The number of nitrogens with one attached hydrogen (secondary N) is 1. The standard InChI is InChI=1S/C11H11N3/c1-7-2-3-8-4-5-9(11(12)13)14-10(8)6-7/h2-6H,1H3,(H3,12,13). The van der Waals surface area contributed by atoms with Gasteiger partial charge in [-0.3, -0.25) is 5.41 Å². The van der Waals surface area contributed by atoms with Gasteiger partial charge < -0.3 is 5.73 Å². The summed E-state index contributed by atoms with van der Waals surface area (Å²) in [6, 6.07) is 9.74. The molecule has 0 aliphatic rings. The van der Waals surface area contributed by atoms with Crippen LogP contribution in [0.25, 0.3) is 10.9 Å². The zero-order valence-corrected chi connectivity index (χ0v) is 7.91. The van der Waals surface area contributed by atoms with Crippen molar-refractivity contribution in [3.8, 4) is 0 Å². The fraction of sp³-hybridized carbons (Fsp3) is 0.0909. The van der Waals surface area contributed by atoms with E-state index in [9.17, 15) is 0 Å². The summed E-state index contributed by atoms with van der Waals surface area (Å²) in [7, 11) is 0. The monoisotopic (exact) mass is 185 g/mol. The lowest BCUT2D eigenvalue weighted by atomic mass is 10.1. The van der Waals surface area contributed by atoms with Crippen molar-refractivity contribution in [1.82, 2.24) is 4.98 Å². The summed E-state index contributed by atoms with van der Waals surface area (Å²) < 4.78 is 0. The maximum Gasteiger partial charge on any atom is 0.141 e. The molecule has 2 aromatic rings. The van der Waals surface area contributed by atoms with Crippen LogP contribution in [0.2, 0.25) is 0 Å². The van der Waals surface area contributed by atoms with E-state index in [1.807, 2.05) is 31.2 Å². The third-order valence-corrected chi connectivity index (χ3v) is 2.12. The first-order chi connectivity index (χ1) is 6.66. The van der Waals surface area contributed by atoms with Crippen LogP contribution in [0.5, 0.6) is 0 Å². The highest BCUT2D eigenvalue weighted by molar-refractivity contribution is 5.95. The van der Waals surface area contributed by atoms with E-state index in [1.54, 1.807) is 6.07 Å². The first-order valence-electron chi connectivity index (χ1n) is 4.38. The lowest BCUT2D eigenvalue weighted by molar-refractivity contribution is 1.30. The summed E-state index contributed by atoms with van der Waals surface area (Å²) >= 11 is 0. The molecule has 3 heteroatoms. The van der Waals surface area contributed by atoms with Crippen LogP contribution in [0.1, 0.15) is 11.3 Å². The van der Waals surface area contributed by atoms with Gasteiger partial charge >= 0.3 is 0 Å². The highest BCUT2D eigenvalue weighted by Crippen LogP contribution is 2.13. The number of rotatable bonds is 1. The van der Waals surface area contributed by atoms with E-state index in [-0.39, 0.29) is 5.84 Å². The molecule has 0 fully saturated rings. The first kappa shape index (κ1) is 8.69. The Kier molecular flexibility index (Phi) is 1.93. The van der Waals surface area contributed by atoms with Gasteiger partial charge in [-0.25, -0.2) is 4.98 Å². The largest absolute Gasteiger partial charge is 0.382 e. The van der Waals surface area contributed by atoms with Crippen molar-refractivity contribution in [2.24, 2.45) is 5.73 Å². The second kappa shape index (κ2) is 3.10. The summed E-state index contributed by atoms with van der Waals surface area (Å²) in [5.74, 6) is 0.00778. The number of nitrogens with zero attached hydrogens (tertiary/aromatic N) is 1. The van der Waals surface area contributed by atoms with Crippen molar-refractivity contribution in [3.05, 3.63) is 41.6 Å². The van der Waals surface area contributed by atoms with Crippen LogP contribution in [0.3, 0.4) is 0 Å². The average molecular weight is 185 g/mol. The molecule has 1 aromatic heterocycles. The number of fused-ring (bicyclic) bond motifs is 1. The van der Waals surface area contributed by atoms with Crippen molar-refractivity contribution in [1.29, 1.82) is 5.41 Å². The summed E-state index contributed by atoms with van der Waals surface area (Å²) in [4.78, 5) is 4.29. The molecule has 0 unspecified atom stereocenters. The Bertz CT molecular complexity index is 503. The van der Waals surface area contributed by atoms with Crippen LogP contribution in [0, 0.1) is 12.3 Å². The van der Waals surface area contributed by atoms with Gasteiger partial charge in [-0.15, -0.1) is 0 Å². The summed E-state index contributed by atoms with van der Waals surface area (Å²) in [5.41, 5.74) is 7.94. The smallest absolute Gasteiger partial charge is 0.141 e. The van der Waals surface area contributed by atoms with Crippen LogP contribution in [0.15, 0.2) is 30.3 Å². The van der Waals surface area contributed by atoms with Crippen LogP contribution < -0.4 is 5.73 Å². The fourth-order valence-corrected chi connectivity index (χ4v) is 1.38. The number of amidine groups is 1. The Morgan fingerprint density at radius 3 is 2.71 bits per heavy atom. The molecule has 0 atom stereocenters. The molecule has 0 bridgehead atoms. The van der Waals surface area contributed by atoms with Gasteiger partial charge in [0, 0.05) is 5.39 Å². The lowest BCUT2D eigenvalue weighted by Crippen LogP contribution is -2.12. The summed E-state index contributed by atoms with van der Waals surface area (Å²) in [6.45, 7) is 2.02. The molecule has 0 aliphatic heterocycles. The zero-order valence-electron chi connectivity index (χ0n) is 7.91. The predicted octanol–water partition coefficient (Wildman–Crippen LogP) is 1.83. The fourth-order valence-electron chi connectivity index (χ4n) is 1.38. The third-order valence-electron chi connectivity index (χ3n) is 2.12. The highest BCUT2D eigenvalue weighted by Gasteiger charge is 2.00. The minimum atomic E-state index is 0.00778. The van der Waals surface area contributed by atoms with Gasteiger partial charge in [-0.05, 0) is 24.6 Å². The van der Waals surface area contributed by atoms with Crippen molar-refractivity contribution in [2.45, 2.75) is 6.92 Å². The molecule has 0 radical (unpaired) electrons. The number of aryl methyl sites for hydroxylation is 1. The second-order valence-corrected chi connectivity index (χ2v) is 3.31. The minimum absolute atomic E-state index is 0.00778. The molecule has 1 heterocycles. The molecule has 0 spiro atoms. The number of aromatic nitrogens is 1. The summed E-state index contributed by atoms with van der Waals surface area (Å²) in [6.07, 6.45) is 0. The molecular weight excluding hydrogens is 174 g/mol. The van der Waals surface area contributed by atoms with Gasteiger partial charge in [-0.2, -0.15) is 0 Å². The second-order valence-electron chi connectivity index (χ2n) is 3.31. The number of pyridine rings is 1. The van der Waals surface area contributed by atoms with Crippen LogP contribution in [0.4, 0.5) is 0 Å². The van der Waals surface area contributed by atoms with Crippen molar-refractivity contribution < 1.29 is 0 Å². The van der Waals surface area contributed by atoms with Crippen molar-refractivity contribution >= 4 is 16.7 Å². The van der Waals surface area contributed by atoms with E-state index in [1.165, 1.54) is 0 Å². The molecule has 3 nitrogen and oxygen atoms in total. The molecule has 3 N–H and O–H groups in total. The van der Waals surface area contributed by atoms with E-state index >= 15 is 0 Å². The van der Waals surface area contributed by atoms with E-state index in [4.69, 9.17) is 11.1 Å². The van der Waals surface area contributed by atoms with Gasteiger partial charge in [0.05, 0.1) is 5.52 Å². The molecule has 0 saturated heterocycles. The van der Waals surface area contributed by atoms with Gasteiger partial charge in [0.25, 0.3) is 0 Å². The highest BCUT2D eigenvalue weighted by atomic mass is 14.8. The van der Waals surface area contributed by atoms with Crippen LogP contribution >= 0.6 is 0 Å². The molecular formula is C11H11N3. The number of benzene rings is 1. The Hall–Kier alpha value is -1.90. The van der Waals surface area contributed by atoms with Crippen molar-refractivity contribution in [2.75, 3.05) is 0 Å². The van der Waals surface area contributed by atoms with E-state index in [0.29, 0.717) is 5.69 Å². The molecule has 0 amide bonds. The number of hydrogen-bond acceptors (Lipinski definition) is 2. The minimum Gasteiger partial charge on any atom is -0.382 e. The van der Waals surface area contributed by atoms with Crippen LogP contribution in [-0.2, 0) is 0 Å². The van der Waals surface area contributed by atoms with E-state index in [2.05, 4.69) is 4.98 Å². The maximum absolute atomic E-state index is 7.28. The molecule has 1 aromatic carbocycles. The van der Waals surface area contributed by atoms with Crippen molar-refractivity contribution in [3.63, 3.8) is 0 Å². The SMILES string of the molecule is Cc1ccc2ccc(C(=N)N)nc2c1. The Morgan fingerprint density at radius 1 is 1.29 bits per heavy atom. The topological polar surface area (TPSA) is 62.8 Å². The van der Waals surface area contributed by atoms with E-state index < -0.39 is 0 Å². The van der Waals surface area contributed by atoms with Gasteiger partial charge in [0.1, 0.15) is 11.5 Å². The molecule has 14 heavy (non-hydrogen) atoms. The zero-order chi connectivity index (χ0) is 10.1. The van der Waals surface area contributed by atoms with Gasteiger partial charge in [0.15, 0.2) is 0 Å². The lowest BCUT2D eigenvalue weighted by Gasteiger charge is -2.01. The Balaban J connectivity index is 2.69.